The molecule has 4 heterocycles. The third-order valence-electron chi connectivity index (χ3n) is 8.89. The van der Waals surface area contributed by atoms with Crippen LogP contribution in [0.25, 0.3) is 0 Å². The van der Waals surface area contributed by atoms with E-state index in [0.29, 0.717) is 12.1 Å². The highest BCUT2D eigenvalue weighted by molar-refractivity contribution is 6.06. The molecule has 1 spiro atoms. The number of ether oxygens (including phenoxy) is 2. The van der Waals surface area contributed by atoms with Gasteiger partial charge in [-0.1, -0.05) is 32.1 Å². The first-order valence-corrected chi connectivity index (χ1v) is 14.4. The van der Waals surface area contributed by atoms with Gasteiger partial charge in [0.05, 0.1) is 24.2 Å². The van der Waals surface area contributed by atoms with Crippen LogP contribution >= 0.6 is 0 Å². The second kappa shape index (κ2) is 10.7. The molecule has 40 heavy (non-hydrogen) atoms. The van der Waals surface area contributed by atoms with E-state index in [0.717, 1.165) is 18.8 Å². The predicted octanol–water partition coefficient (Wildman–Crippen LogP) is 2.93. The zero-order chi connectivity index (χ0) is 28.8. The van der Waals surface area contributed by atoms with Gasteiger partial charge in [-0.3, -0.25) is 14.4 Å². The van der Waals surface area contributed by atoms with E-state index in [1.165, 1.54) is 4.90 Å². The van der Waals surface area contributed by atoms with Crippen LogP contribution in [0.3, 0.4) is 0 Å². The number of fused-ring (bicyclic) bond motifs is 2. The molecule has 4 aliphatic rings. The van der Waals surface area contributed by atoms with Crippen LogP contribution < -0.4 is 9.80 Å². The molecule has 0 aromatic heterocycles. The summed E-state index contributed by atoms with van der Waals surface area (Å²) in [6.45, 7) is 11.8. The van der Waals surface area contributed by atoms with E-state index in [2.05, 4.69) is 18.7 Å². The fourth-order valence-electron chi connectivity index (χ4n) is 7.17. The van der Waals surface area contributed by atoms with Crippen molar-refractivity contribution in [2.45, 2.75) is 64.3 Å². The minimum Gasteiger partial charge on any atom is -0.461 e. The van der Waals surface area contributed by atoms with Crippen LogP contribution in [0.15, 0.2) is 48.6 Å². The maximum Gasteiger partial charge on any atom is 0.313 e. The van der Waals surface area contributed by atoms with Crippen LogP contribution in [0, 0.1) is 17.8 Å². The number of hydrogen-bond acceptors (Lipinski definition) is 7. The van der Waals surface area contributed by atoms with Crippen LogP contribution in [-0.4, -0.2) is 83.9 Å². The molecule has 2 saturated heterocycles. The van der Waals surface area contributed by atoms with Gasteiger partial charge >= 0.3 is 5.97 Å². The fraction of sp³-hybridized carbons (Fsp3) is 0.581. The van der Waals surface area contributed by atoms with Crippen molar-refractivity contribution >= 4 is 29.2 Å². The molecule has 4 aliphatic heterocycles. The van der Waals surface area contributed by atoms with Crippen molar-refractivity contribution in [3.63, 3.8) is 0 Å². The summed E-state index contributed by atoms with van der Waals surface area (Å²) in [4.78, 5) is 47.7. The third-order valence-corrected chi connectivity index (χ3v) is 8.89. The number of aliphatic hydroxyl groups is 1. The summed E-state index contributed by atoms with van der Waals surface area (Å²) < 4.78 is 12.2. The molecule has 6 atom stereocenters. The number of rotatable bonds is 8. The van der Waals surface area contributed by atoms with E-state index in [1.54, 1.807) is 24.0 Å². The summed E-state index contributed by atoms with van der Waals surface area (Å²) >= 11 is 0. The van der Waals surface area contributed by atoms with E-state index < -0.39 is 41.1 Å². The molecule has 2 fully saturated rings. The standard InChI is InChI=1S/C31H41N3O6/c1-6-32(7-2)21-10-12-22(13-11-21)33-16-8-15-31-24(25-29(38)39-17-9-14-30(25,5)40-31)27(36)34(26(31)28(33)37)23(19-35)18-20(3)4/h8-15,20,23-26,35H,6-7,16-19H2,1-5H3/t23-,24+,25-,26?,30+,31+/m1/s1. The number of likely N-dealkylation sites (tertiary alicyclic amines) is 1. The molecule has 9 nitrogen and oxygen atoms in total. The number of aliphatic hydroxyl groups excluding tert-OH is 1. The van der Waals surface area contributed by atoms with Crippen LogP contribution in [0.4, 0.5) is 11.4 Å². The highest BCUT2D eigenvalue weighted by Crippen LogP contribution is 2.58. The molecule has 9 heteroatoms. The number of hydrogen-bond donors (Lipinski definition) is 1. The number of esters is 1. The molecule has 0 radical (unpaired) electrons. The molecule has 1 N–H and O–H groups in total. The van der Waals surface area contributed by atoms with E-state index >= 15 is 0 Å². The van der Waals surface area contributed by atoms with Gasteiger partial charge in [0, 0.05) is 31.0 Å². The van der Waals surface area contributed by atoms with E-state index in [9.17, 15) is 19.5 Å². The van der Waals surface area contributed by atoms with Gasteiger partial charge in [-0.25, -0.2) is 0 Å². The van der Waals surface area contributed by atoms with Crippen molar-refractivity contribution < 1.29 is 29.0 Å². The monoisotopic (exact) mass is 551 g/mol. The molecule has 1 aromatic rings. The Balaban J connectivity index is 1.61. The smallest absolute Gasteiger partial charge is 0.313 e. The molecule has 216 valence electrons. The quantitative estimate of drug-likeness (QED) is 0.392. The predicted molar refractivity (Wildman–Crippen MR) is 152 cm³/mol. The fourth-order valence-corrected chi connectivity index (χ4v) is 7.17. The number of benzene rings is 1. The summed E-state index contributed by atoms with van der Waals surface area (Å²) in [6, 6.07) is 6.20. The number of amides is 2. The second-order valence-electron chi connectivity index (χ2n) is 11.8. The maximum atomic E-state index is 14.6. The summed E-state index contributed by atoms with van der Waals surface area (Å²) in [7, 11) is 0. The van der Waals surface area contributed by atoms with E-state index in [-0.39, 0.29) is 37.5 Å². The highest BCUT2D eigenvalue weighted by Gasteiger charge is 2.75. The molecule has 1 aromatic carbocycles. The zero-order valence-corrected chi connectivity index (χ0v) is 24.1. The van der Waals surface area contributed by atoms with Crippen LogP contribution in [-0.2, 0) is 23.9 Å². The Hall–Kier alpha value is -3.17. The lowest BCUT2D eigenvalue weighted by atomic mass is 9.75. The van der Waals surface area contributed by atoms with E-state index in [1.807, 2.05) is 50.3 Å². The Morgan fingerprint density at radius 1 is 1.02 bits per heavy atom. The molecule has 2 amide bonds. The number of carbonyl (C=O) groups excluding carboxylic acids is 3. The molecule has 5 rings (SSSR count). The first-order valence-electron chi connectivity index (χ1n) is 14.4. The lowest BCUT2D eigenvalue weighted by Crippen LogP contribution is -2.59. The van der Waals surface area contributed by atoms with Gasteiger partial charge in [0.1, 0.15) is 24.2 Å². The molecule has 0 aliphatic carbocycles. The number of anilines is 2. The Morgan fingerprint density at radius 2 is 1.73 bits per heavy atom. The van der Waals surface area contributed by atoms with Crippen molar-refractivity contribution in [1.29, 1.82) is 0 Å². The van der Waals surface area contributed by atoms with Crippen LogP contribution in [0.2, 0.25) is 0 Å². The van der Waals surface area contributed by atoms with Crippen LogP contribution in [0.5, 0.6) is 0 Å². The summed E-state index contributed by atoms with van der Waals surface area (Å²) in [5.74, 6) is -2.87. The number of cyclic esters (lactones) is 1. The number of carbonyl (C=O) groups is 3. The Morgan fingerprint density at radius 3 is 2.35 bits per heavy atom. The first-order chi connectivity index (χ1) is 19.1. The van der Waals surface area contributed by atoms with Gasteiger partial charge in [-0.05, 0) is 63.5 Å². The lowest BCUT2D eigenvalue weighted by Gasteiger charge is -2.40. The zero-order valence-electron chi connectivity index (χ0n) is 24.1. The second-order valence-corrected chi connectivity index (χ2v) is 11.8. The Labute approximate surface area is 236 Å². The maximum absolute atomic E-state index is 14.6. The Bertz CT molecular complexity index is 1210. The topological polar surface area (TPSA) is 99.6 Å². The van der Waals surface area contributed by atoms with E-state index in [4.69, 9.17) is 9.47 Å². The average Bonchev–Trinajstić information content (AvgIpc) is 3.19. The Kier molecular flexibility index (Phi) is 7.56. The first kappa shape index (κ1) is 28.4. The van der Waals surface area contributed by atoms with Gasteiger partial charge in [0.25, 0.3) is 5.91 Å². The molecular weight excluding hydrogens is 510 g/mol. The van der Waals surface area contributed by atoms with Gasteiger partial charge in [-0.15, -0.1) is 0 Å². The SMILES string of the molecule is CCN(CC)c1ccc(N2CC=C[C@]34O[C@@]5(C)C=CCOC(=O)[C@H]5[C@H]3C(=O)N([C@@H](CO)CC(C)C)C4C2=O)cc1. The molecule has 0 bridgehead atoms. The highest BCUT2D eigenvalue weighted by atomic mass is 16.6. The summed E-state index contributed by atoms with van der Waals surface area (Å²) in [6.07, 6.45) is 7.69. The largest absolute Gasteiger partial charge is 0.461 e. The molecular formula is C31H41N3O6. The summed E-state index contributed by atoms with van der Waals surface area (Å²) in [5, 5.41) is 10.5. The lowest BCUT2D eigenvalue weighted by molar-refractivity contribution is -0.158. The number of nitrogens with zero attached hydrogens (tertiary/aromatic N) is 3. The van der Waals surface area contributed by atoms with Crippen molar-refractivity contribution in [3.05, 3.63) is 48.6 Å². The van der Waals surface area contributed by atoms with Gasteiger partial charge in [0.15, 0.2) is 0 Å². The average molecular weight is 552 g/mol. The minimum absolute atomic E-state index is 0.105. The molecule has 1 unspecified atom stereocenters. The van der Waals surface area contributed by atoms with Gasteiger partial charge < -0.3 is 29.3 Å². The normalized spacial score (nSPS) is 32.0. The van der Waals surface area contributed by atoms with Gasteiger partial charge in [-0.2, -0.15) is 0 Å². The third kappa shape index (κ3) is 4.34. The van der Waals surface area contributed by atoms with Crippen molar-refractivity contribution in [1.82, 2.24) is 4.90 Å². The van der Waals surface area contributed by atoms with Crippen molar-refractivity contribution in [2.75, 3.05) is 42.6 Å². The minimum atomic E-state index is -1.38. The molecule has 0 saturated carbocycles. The summed E-state index contributed by atoms with van der Waals surface area (Å²) in [5.41, 5.74) is -0.721. The van der Waals surface area contributed by atoms with Crippen molar-refractivity contribution in [2.24, 2.45) is 17.8 Å². The van der Waals surface area contributed by atoms with Crippen molar-refractivity contribution in [3.8, 4) is 0 Å². The van der Waals surface area contributed by atoms with Gasteiger partial charge in [0.2, 0.25) is 5.91 Å². The van der Waals surface area contributed by atoms with Crippen LogP contribution in [0.1, 0.15) is 41.0 Å².